The summed E-state index contributed by atoms with van der Waals surface area (Å²) in [6, 6.07) is 17.2. The van der Waals surface area contributed by atoms with Crippen molar-refractivity contribution in [3.05, 3.63) is 66.0 Å². The first-order valence-electron chi connectivity index (χ1n) is 8.77. The van der Waals surface area contributed by atoms with Crippen molar-refractivity contribution in [2.24, 2.45) is 7.05 Å². The van der Waals surface area contributed by atoms with Crippen molar-refractivity contribution in [2.45, 2.75) is 11.8 Å². The Labute approximate surface area is 167 Å². The van der Waals surface area contributed by atoms with Crippen LogP contribution < -0.4 is 0 Å². The smallest absolute Gasteiger partial charge is 0.355 e. The highest BCUT2D eigenvalue weighted by atomic mass is 32.2. The summed E-state index contributed by atoms with van der Waals surface area (Å²) in [5.74, 6) is -0.461. The van der Waals surface area contributed by atoms with E-state index in [9.17, 15) is 14.6 Å². The minimum absolute atomic E-state index is 0.259. The van der Waals surface area contributed by atoms with Crippen LogP contribution in [0.25, 0.3) is 22.3 Å². The Hall–Kier alpha value is -3.01. The second-order valence-electron chi connectivity index (χ2n) is 6.24. The molecule has 142 valence electrons. The zero-order chi connectivity index (χ0) is 20.3. The summed E-state index contributed by atoms with van der Waals surface area (Å²) in [6.07, 6.45) is 3.28. The Bertz CT molecular complexity index is 1050. The number of carbonyl (C=O) groups is 1. The molecule has 2 aromatic carbocycles. The minimum atomic E-state index is -1.10. The van der Waals surface area contributed by atoms with Crippen LogP contribution in [0.15, 0.2) is 59.6 Å². The van der Waals surface area contributed by atoms with Crippen LogP contribution in [-0.4, -0.2) is 28.0 Å². The molecule has 0 amide bonds. The summed E-state index contributed by atoms with van der Waals surface area (Å²) in [5.41, 5.74) is 3.88. The summed E-state index contributed by atoms with van der Waals surface area (Å²) in [7, 11) is 1.72. The molecule has 0 aliphatic rings. The Morgan fingerprint density at radius 3 is 2.43 bits per heavy atom. The Morgan fingerprint density at radius 1 is 1.18 bits per heavy atom. The van der Waals surface area contributed by atoms with E-state index in [1.165, 1.54) is 0 Å². The van der Waals surface area contributed by atoms with Gasteiger partial charge in [-0.2, -0.15) is 5.26 Å². The molecule has 3 rings (SSSR count). The van der Waals surface area contributed by atoms with Crippen LogP contribution in [0, 0.1) is 11.3 Å². The van der Waals surface area contributed by atoms with Crippen molar-refractivity contribution in [3.8, 4) is 28.3 Å². The number of nitrogens with zero attached hydrogens (tertiary/aromatic N) is 2. The van der Waals surface area contributed by atoms with Crippen LogP contribution in [0.3, 0.4) is 0 Å². The summed E-state index contributed by atoms with van der Waals surface area (Å²) in [4.78, 5) is 13.2. The van der Waals surface area contributed by atoms with Gasteiger partial charge in [0.25, 0.3) is 0 Å². The van der Waals surface area contributed by atoms with Crippen molar-refractivity contribution >= 4 is 17.1 Å². The van der Waals surface area contributed by atoms with Gasteiger partial charge in [-0.3, -0.25) is 0 Å². The van der Waals surface area contributed by atoms with Crippen LogP contribution in [0.5, 0.6) is 0 Å². The highest BCUT2D eigenvalue weighted by molar-refractivity contribution is 7.90. The molecule has 5 nitrogen and oxygen atoms in total. The van der Waals surface area contributed by atoms with Gasteiger partial charge in [-0.1, -0.05) is 36.4 Å². The third-order valence-corrected chi connectivity index (χ3v) is 5.43. The van der Waals surface area contributed by atoms with Gasteiger partial charge in [0.15, 0.2) is 4.90 Å². The van der Waals surface area contributed by atoms with E-state index in [0.29, 0.717) is 16.8 Å². The first-order chi connectivity index (χ1) is 13.5. The van der Waals surface area contributed by atoms with E-state index in [1.807, 2.05) is 48.5 Å². The molecule has 1 unspecified atom stereocenters. The first-order valence-corrected chi connectivity index (χ1v) is 10.3. The largest absolute Gasteiger partial charge is 0.612 e. The van der Waals surface area contributed by atoms with E-state index in [4.69, 9.17) is 4.74 Å². The molecule has 0 bridgehead atoms. The zero-order valence-corrected chi connectivity index (χ0v) is 16.7. The fourth-order valence-electron chi connectivity index (χ4n) is 3.22. The summed E-state index contributed by atoms with van der Waals surface area (Å²) >= 11 is -1.10. The number of aromatic nitrogens is 1. The Balaban J connectivity index is 2.09. The molecule has 3 aromatic rings. The highest BCUT2D eigenvalue weighted by Gasteiger charge is 2.23. The molecule has 1 atom stereocenters. The summed E-state index contributed by atoms with van der Waals surface area (Å²) < 4.78 is 18.8. The maximum Gasteiger partial charge on any atom is 0.355 e. The third-order valence-electron chi connectivity index (χ3n) is 4.45. The van der Waals surface area contributed by atoms with Crippen LogP contribution >= 0.6 is 0 Å². The average molecular weight is 392 g/mol. The lowest BCUT2D eigenvalue weighted by atomic mass is 9.98. The van der Waals surface area contributed by atoms with Gasteiger partial charge in [-0.25, -0.2) is 4.79 Å². The average Bonchev–Trinajstić information content (AvgIpc) is 3.04. The van der Waals surface area contributed by atoms with Gasteiger partial charge in [0.05, 0.1) is 12.2 Å². The van der Waals surface area contributed by atoms with Crippen molar-refractivity contribution in [1.29, 1.82) is 5.26 Å². The van der Waals surface area contributed by atoms with Gasteiger partial charge in [-0.15, -0.1) is 0 Å². The quantitative estimate of drug-likeness (QED) is 0.483. The second-order valence-corrected chi connectivity index (χ2v) is 7.59. The van der Waals surface area contributed by atoms with Crippen LogP contribution in [0.1, 0.15) is 23.0 Å². The number of rotatable bonds is 5. The highest BCUT2D eigenvalue weighted by Crippen LogP contribution is 2.33. The van der Waals surface area contributed by atoms with E-state index in [-0.39, 0.29) is 6.61 Å². The number of carbonyl (C=O) groups excluding carboxylic acids is 1. The predicted octanol–water partition coefficient (Wildman–Crippen LogP) is 4.14. The SMILES string of the molecule is CCOC(=O)c1c(-c2ccc(-c3ccccc3[S+](C)[O-])cc2)c(C#N)cn1C. The number of esters is 1. The first kappa shape index (κ1) is 19.7. The number of hydrogen-bond acceptors (Lipinski definition) is 4. The van der Waals surface area contributed by atoms with Gasteiger partial charge in [0.2, 0.25) is 0 Å². The van der Waals surface area contributed by atoms with E-state index in [0.717, 1.165) is 21.6 Å². The zero-order valence-electron chi connectivity index (χ0n) is 15.9. The molecule has 0 saturated heterocycles. The van der Waals surface area contributed by atoms with E-state index in [2.05, 4.69) is 6.07 Å². The standard InChI is InChI=1S/C22H20N2O3S/c1-4-27-22(25)21-20(17(13-23)14-24(21)2)16-11-9-15(10-12-16)18-7-5-6-8-19(18)28(3)26/h5-12,14H,4H2,1-3H3. The number of aryl methyl sites for hydroxylation is 1. The number of nitriles is 1. The minimum Gasteiger partial charge on any atom is -0.612 e. The van der Waals surface area contributed by atoms with Crippen LogP contribution in [0.2, 0.25) is 0 Å². The molecule has 0 aliphatic carbocycles. The lowest BCUT2D eigenvalue weighted by Gasteiger charge is -2.11. The fourth-order valence-corrected chi connectivity index (χ4v) is 3.99. The molecule has 0 spiro atoms. The van der Waals surface area contributed by atoms with Crippen molar-refractivity contribution in [3.63, 3.8) is 0 Å². The summed E-state index contributed by atoms with van der Waals surface area (Å²) in [6.45, 7) is 2.00. The molecule has 6 heteroatoms. The molecule has 0 saturated carbocycles. The Kier molecular flexibility index (Phi) is 5.88. The van der Waals surface area contributed by atoms with E-state index in [1.54, 1.807) is 31.0 Å². The van der Waals surface area contributed by atoms with Gasteiger partial charge < -0.3 is 13.9 Å². The number of ether oxygens (including phenoxy) is 1. The van der Waals surface area contributed by atoms with Crippen LogP contribution in [-0.2, 0) is 23.0 Å². The maximum absolute atomic E-state index is 12.4. The molecule has 0 N–H and O–H groups in total. The van der Waals surface area contributed by atoms with Crippen molar-refractivity contribution in [1.82, 2.24) is 4.57 Å². The molecular weight excluding hydrogens is 372 g/mol. The normalized spacial score (nSPS) is 11.7. The van der Waals surface area contributed by atoms with Gasteiger partial charge in [0, 0.05) is 24.4 Å². The van der Waals surface area contributed by atoms with E-state index >= 15 is 0 Å². The maximum atomic E-state index is 12.4. The third kappa shape index (κ3) is 3.68. The number of benzene rings is 2. The lowest BCUT2D eigenvalue weighted by Crippen LogP contribution is -2.10. The van der Waals surface area contributed by atoms with Gasteiger partial charge in [-0.05, 0) is 41.4 Å². The Morgan fingerprint density at radius 2 is 1.82 bits per heavy atom. The van der Waals surface area contributed by atoms with Crippen LogP contribution in [0.4, 0.5) is 0 Å². The molecule has 0 fully saturated rings. The molecule has 1 aromatic heterocycles. The lowest BCUT2D eigenvalue weighted by molar-refractivity contribution is 0.0516. The summed E-state index contributed by atoms with van der Waals surface area (Å²) in [5, 5.41) is 9.51. The molecule has 0 radical (unpaired) electrons. The van der Waals surface area contributed by atoms with Crippen molar-refractivity contribution in [2.75, 3.05) is 12.9 Å². The molecule has 28 heavy (non-hydrogen) atoms. The molecular formula is C22H20N2O3S. The molecule has 1 heterocycles. The monoisotopic (exact) mass is 392 g/mol. The number of hydrogen-bond donors (Lipinski definition) is 0. The fraction of sp³-hybridized carbons (Fsp3) is 0.182. The van der Waals surface area contributed by atoms with Gasteiger partial charge >= 0.3 is 5.97 Å². The van der Waals surface area contributed by atoms with Gasteiger partial charge in [0.1, 0.15) is 18.0 Å². The van der Waals surface area contributed by atoms with Crippen molar-refractivity contribution < 1.29 is 14.1 Å². The molecule has 0 aliphatic heterocycles. The van der Waals surface area contributed by atoms with E-state index < -0.39 is 17.1 Å². The second kappa shape index (κ2) is 8.34. The topological polar surface area (TPSA) is 78.1 Å². The predicted molar refractivity (Wildman–Crippen MR) is 109 cm³/mol.